The molecule has 4 nitrogen and oxygen atoms in total. The van der Waals surface area contributed by atoms with Crippen molar-refractivity contribution < 1.29 is 13.5 Å². The molecule has 0 aliphatic carbocycles. The SMILES string of the molecule is N#Cc1cccc(S(=O)(=O)CO)c1. The zero-order valence-corrected chi connectivity index (χ0v) is 7.45. The van der Waals surface area contributed by atoms with Crippen molar-refractivity contribution in [2.45, 2.75) is 4.90 Å². The first-order chi connectivity index (χ1) is 6.10. The van der Waals surface area contributed by atoms with Crippen LogP contribution in [0, 0.1) is 11.3 Å². The second kappa shape index (κ2) is 3.56. The van der Waals surface area contributed by atoms with Crippen LogP contribution in [0.4, 0.5) is 0 Å². The fourth-order valence-electron chi connectivity index (χ4n) is 0.834. The van der Waals surface area contributed by atoms with Crippen LogP contribution >= 0.6 is 0 Å². The van der Waals surface area contributed by atoms with Gasteiger partial charge in [-0.15, -0.1) is 0 Å². The van der Waals surface area contributed by atoms with Gasteiger partial charge in [-0.25, -0.2) is 8.42 Å². The molecule has 0 amide bonds. The third-order valence-electron chi connectivity index (χ3n) is 1.49. The number of nitrogens with zero attached hydrogens (tertiary/aromatic N) is 1. The zero-order chi connectivity index (χ0) is 9.90. The van der Waals surface area contributed by atoms with Crippen molar-refractivity contribution in [1.82, 2.24) is 0 Å². The smallest absolute Gasteiger partial charge is 0.202 e. The van der Waals surface area contributed by atoms with Gasteiger partial charge in [0.05, 0.1) is 16.5 Å². The lowest BCUT2D eigenvalue weighted by Crippen LogP contribution is -2.05. The number of hydrogen-bond acceptors (Lipinski definition) is 4. The maximum atomic E-state index is 11.1. The summed E-state index contributed by atoms with van der Waals surface area (Å²) >= 11 is 0. The highest BCUT2D eigenvalue weighted by Crippen LogP contribution is 2.11. The molecule has 0 saturated heterocycles. The maximum absolute atomic E-state index is 11.1. The lowest BCUT2D eigenvalue weighted by atomic mass is 10.2. The summed E-state index contributed by atoms with van der Waals surface area (Å²) in [4.78, 5) is -0.0333. The predicted octanol–water partition coefficient (Wildman–Crippen LogP) is 0.282. The molecule has 0 saturated carbocycles. The molecule has 1 aromatic rings. The fourth-order valence-corrected chi connectivity index (χ4v) is 1.58. The van der Waals surface area contributed by atoms with Crippen LogP contribution in [0.5, 0.6) is 0 Å². The summed E-state index contributed by atoms with van der Waals surface area (Å²) < 4.78 is 22.2. The number of nitriles is 1. The molecule has 1 aromatic carbocycles. The Labute approximate surface area is 76.0 Å². The normalized spacial score (nSPS) is 10.8. The molecule has 1 rings (SSSR count). The number of aliphatic hydroxyl groups is 1. The Morgan fingerprint density at radius 2 is 2.15 bits per heavy atom. The van der Waals surface area contributed by atoms with E-state index in [0.29, 0.717) is 0 Å². The summed E-state index contributed by atoms with van der Waals surface area (Å²) in [5, 5.41) is 17.0. The Morgan fingerprint density at radius 1 is 1.46 bits per heavy atom. The van der Waals surface area contributed by atoms with Gasteiger partial charge in [0.1, 0.15) is 5.94 Å². The second-order valence-corrected chi connectivity index (χ2v) is 4.34. The van der Waals surface area contributed by atoms with E-state index < -0.39 is 15.8 Å². The van der Waals surface area contributed by atoms with Crippen LogP contribution < -0.4 is 0 Å². The summed E-state index contributed by atoms with van der Waals surface area (Å²) in [6, 6.07) is 7.34. The molecule has 1 N–H and O–H groups in total. The van der Waals surface area contributed by atoms with Crippen molar-refractivity contribution in [2.24, 2.45) is 0 Å². The Bertz CT molecular complexity index is 445. The van der Waals surface area contributed by atoms with Crippen LogP contribution in [0.15, 0.2) is 29.2 Å². The quantitative estimate of drug-likeness (QED) is 0.738. The first-order valence-electron chi connectivity index (χ1n) is 3.44. The van der Waals surface area contributed by atoms with E-state index in [4.69, 9.17) is 10.4 Å². The van der Waals surface area contributed by atoms with Gasteiger partial charge in [-0.05, 0) is 18.2 Å². The molecule has 0 bridgehead atoms. The first-order valence-corrected chi connectivity index (χ1v) is 5.09. The van der Waals surface area contributed by atoms with E-state index in [1.165, 1.54) is 24.3 Å². The summed E-state index contributed by atoms with van der Waals surface area (Å²) in [5.74, 6) is -0.943. The molecule has 0 unspecified atom stereocenters. The van der Waals surface area contributed by atoms with Crippen molar-refractivity contribution >= 4 is 9.84 Å². The van der Waals surface area contributed by atoms with Crippen molar-refractivity contribution in [3.63, 3.8) is 0 Å². The van der Waals surface area contributed by atoms with Gasteiger partial charge in [-0.1, -0.05) is 6.07 Å². The molecule has 0 aromatic heterocycles. The highest BCUT2D eigenvalue weighted by molar-refractivity contribution is 7.91. The summed E-state index contributed by atoms with van der Waals surface area (Å²) in [6.45, 7) is 0. The van der Waals surface area contributed by atoms with E-state index in [2.05, 4.69) is 0 Å². The Balaban J connectivity index is 3.27. The van der Waals surface area contributed by atoms with E-state index >= 15 is 0 Å². The van der Waals surface area contributed by atoms with E-state index in [1.807, 2.05) is 6.07 Å². The Morgan fingerprint density at radius 3 is 2.69 bits per heavy atom. The molecule has 0 atom stereocenters. The lowest BCUT2D eigenvalue weighted by Gasteiger charge is -1.99. The van der Waals surface area contributed by atoms with Gasteiger partial charge in [-0.2, -0.15) is 5.26 Å². The van der Waals surface area contributed by atoms with Gasteiger partial charge in [0.2, 0.25) is 9.84 Å². The third-order valence-corrected chi connectivity index (χ3v) is 2.80. The van der Waals surface area contributed by atoms with Crippen LogP contribution in [-0.2, 0) is 9.84 Å². The number of rotatable bonds is 2. The molecular weight excluding hydrogens is 190 g/mol. The van der Waals surface area contributed by atoms with Crippen LogP contribution in [0.25, 0.3) is 0 Å². The van der Waals surface area contributed by atoms with Gasteiger partial charge in [0.25, 0.3) is 0 Å². The van der Waals surface area contributed by atoms with Gasteiger partial charge in [0.15, 0.2) is 0 Å². The Hall–Kier alpha value is -1.38. The van der Waals surface area contributed by atoms with Crippen LogP contribution in [0.2, 0.25) is 0 Å². The number of sulfone groups is 1. The monoisotopic (exact) mass is 197 g/mol. The molecule has 0 aliphatic heterocycles. The van der Waals surface area contributed by atoms with E-state index in [0.717, 1.165) is 0 Å². The fraction of sp³-hybridized carbons (Fsp3) is 0.125. The standard InChI is InChI=1S/C8H7NO3S/c9-5-7-2-1-3-8(4-7)13(11,12)6-10/h1-4,10H,6H2. The average molecular weight is 197 g/mol. The highest BCUT2D eigenvalue weighted by atomic mass is 32.2. The number of aliphatic hydroxyl groups excluding tert-OH is 1. The second-order valence-electron chi connectivity index (χ2n) is 2.38. The minimum absolute atomic E-state index is 0.0333. The molecular formula is C8H7NO3S. The topological polar surface area (TPSA) is 78.2 Å². The zero-order valence-electron chi connectivity index (χ0n) is 6.64. The summed E-state index contributed by atoms with van der Waals surface area (Å²) in [7, 11) is -3.63. The first kappa shape index (κ1) is 9.71. The minimum Gasteiger partial charge on any atom is -0.380 e. The number of benzene rings is 1. The van der Waals surface area contributed by atoms with Gasteiger partial charge < -0.3 is 5.11 Å². The Kier molecular flexibility index (Phi) is 2.66. The molecule has 0 fully saturated rings. The lowest BCUT2D eigenvalue weighted by molar-refractivity contribution is 0.358. The minimum atomic E-state index is -3.63. The molecule has 5 heteroatoms. The predicted molar refractivity (Wildman–Crippen MR) is 45.4 cm³/mol. The van der Waals surface area contributed by atoms with Crippen LogP contribution in [-0.4, -0.2) is 19.5 Å². The van der Waals surface area contributed by atoms with Crippen LogP contribution in [0.3, 0.4) is 0 Å². The summed E-state index contributed by atoms with van der Waals surface area (Å²) in [6.07, 6.45) is 0. The highest BCUT2D eigenvalue weighted by Gasteiger charge is 2.12. The van der Waals surface area contributed by atoms with E-state index in [-0.39, 0.29) is 10.5 Å². The molecule has 0 heterocycles. The average Bonchev–Trinajstić information content (AvgIpc) is 2.18. The van der Waals surface area contributed by atoms with Crippen molar-refractivity contribution in [2.75, 3.05) is 5.94 Å². The van der Waals surface area contributed by atoms with Crippen molar-refractivity contribution in [3.05, 3.63) is 29.8 Å². The van der Waals surface area contributed by atoms with E-state index in [9.17, 15) is 8.42 Å². The maximum Gasteiger partial charge on any atom is 0.202 e. The molecule has 0 spiro atoms. The van der Waals surface area contributed by atoms with Crippen LogP contribution in [0.1, 0.15) is 5.56 Å². The molecule has 13 heavy (non-hydrogen) atoms. The van der Waals surface area contributed by atoms with Gasteiger partial charge in [-0.3, -0.25) is 0 Å². The van der Waals surface area contributed by atoms with Gasteiger partial charge >= 0.3 is 0 Å². The van der Waals surface area contributed by atoms with Gasteiger partial charge in [0, 0.05) is 0 Å². The number of hydrogen-bond donors (Lipinski definition) is 1. The molecule has 68 valence electrons. The van der Waals surface area contributed by atoms with Crippen molar-refractivity contribution in [1.29, 1.82) is 5.26 Å². The summed E-state index contributed by atoms with van der Waals surface area (Å²) in [5.41, 5.74) is 0.259. The van der Waals surface area contributed by atoms with E-state index in [1.54, 1.807) is 0 Å². The largest absolute Gasteiger partial charge is 0.380 e. The molecule has 0 radical (unpaired) electrons. The molecule has 0 aliphatic rings. The third kappa shape index (κ3) is 2.05. The van der Waals surface area contributed by atoms with Crippen molar-refractivity contribution in [3.8, 4) is 6.07 Å².